The Bertz CT molecular complexity index is 229. The molecule has 0 aromatic heterocycles. The Hall–Kier alpha value is -0.520. The number of nitrogens with zero attached hydrogens (tertiary/aromatic N) is 1. The second kappa shape index (κ2) is 6.93. The quantitative estimate of drug-likeness (QED) is 0.733. The molecule has 0 aliphatic carbocycles. The molecule has 0 aromatic carbocycles. The van der Waals surface area contributed by atoms with Crippen LogP contribution in [0, 0.1) is 18.3 Å². The van der Waals surface area contributed by atoms with Gasteiger partial charge in [-0.05, 0) is 31.7 Å². The summed E-state index contributed by atoms with van der Waals surface area (Å²) >= 11 is 0. The van der Waals surface area contributed by atoms with Gasteiger partial charge in [-0.2, -0.15) is 0 Å². The Morgan fingerprint density at radius 1 is 1.50 bits per heavy atom. The van der Waals surface area contributed by atoms with Crippen LogP contribution in [0.1, 0.15) is 40.0 Å². The van der Waals surface area contributed by atoms with Crippen LogP contribution in [0.3, 0.4) is 0 Å². The molecule has 1 heterocycles. The van der Waals surface area contributed by atoms with Gasteiger partial charge in [-0.3, -0.25) is 4.90 Å². The van der Waals surface area contributed by atoms with Crippen LogP contribution in [0.25, 0.3) is 0 Å². The van der Waals surface area contributed by atoms with Crippen molar-refractivity contribution in [1.82, 2.24) is 10.2 Å². The standard InChI is InChI=1S/C14H26N2/c1-5-14(6-2)16-9-7-8-15-13(11-16)10-12(3)4/h1,12-15H,6-11H2,2-4H3. The van der Waals surface area contributed by atoms with Crippen molar-refractivity contribution in [3.63, 3.8) is 0 Å². The van der Waals surface area contributed by atoms with E-state index in [4.69, 9.17) is 6.42 Å². The molecule has 0 saturated carbocycles. The number of hydrogen-bond donors (Lipinski definition) is 1. The second-order valence-corrected chi connectivity index (χ2v) is 5.22. The minimum absolute atomic E-state index is 0.328. The average Bonchev–Trinajstić information content (AvgIpc) is 2.45. The van der Waals surface area contributed by atoms with Crippen LogP contribution >= 0.6 is 0 Å². The molecule has 1 saturated heterocycles. The van der Waals surface area contributed by atoms with E-state index in [9.17, 15) is 0 Å². The van der Waals surface area contributed by atoms with Gasteiger partial charge in [0.15, 0.2) is 0 Å². The molecule has 1 fully saturated rings. The third-order valence-corrected chi connectivity index (χ3v) is 3.29. The van der Waals surface area contributed by atoms with Gasteiger partial charge in [0, 0.05) is 19.1 Å². The van der Waals surface area contributed by atoms with Crippen LogP contribution in [0.15, 0.2) is 0 Å². The maximum Gasteiger partial charge on any atom is 0.0709 e. The van der Waals surface area contributed by atoms with Gasteiger partial charge in [0.25, 0.3) is 0 Å². The van der Waals surface area contributed by atoms with E-state index in [2.05, 4.69) is 36.9 Å². The van der Waals surface area contributed by atoms with E-state index >= 15 is 0 Å². The Morgan fingerprint density at radius 2 is 2.25 bits per heavy atom. The number of terminal acetylenes is 1. The molecule has 1 aliphatic heterocycles. The van der Waals surface area contributed by atoms with Gasteiger partial charge in [-0.1, -0.05) is 26.7 Å². The molecule has 2 atom stereocenters. The Kier molecular flexibility index (Phi) is 5.87. The zero-order chi connectivity index (χ0) is 12.0. The molecule has 2 unspecified atom stereocenters. The minimum atomic E-state index is 0.328. The van der Waals surface area contributed by atoms with Crippen molar-refractivity contribution in [2.45, 2.75) is 52.1 Å². The van der Waals surface area contributed by atoms with Gasteiger partial charge in [-0.25, -0.2) is 0 Å². The highest BCUT2D eigenvalue weighted by molar-refractivity contribution is 5.00. The smallest absolute Gasteiger partial charge is 0.0709 e. The molecular formula is C14H26N2. The summed E-state index contributed by atoms with van der Waals surface area (Å²) in [5.41, 5.74) is 0. The maximum atomic E-state index is 5.60. The largest absolute Gasteiger partial charge is 0.313 e. The summed E-state index contributed by atoms with van der Waals surface area (Å²) in [5.74, 6) is 3.67. The molecular weight excluding hydrogens is 196 g/mol. The Labute approximate surface area is 101 Å². The lowest BCUT2D eigenvalue weighted by Crippen LogP contribution is -2.42. The summed E-state index contributed by atoms with van der Waals surface area (Å²) in [6, 6.07) is 0.944. The van der Waals surface area contributed by atoms with Gasteiger partial charge in [-0.15, -0.1) is 6.42 Å². The summed E-state index contributed by atoms with van der Waals surface area (Å²) in [5, 5.41) is 3.64. The van der Waals surface area contributed by atoms with Crippen molar-refractivity contribution in [3.8, 4) is 12.3 Å². The number of nitrogens with one attached hydrogen (secondary N) is 1. The predicted molar refractivity (Wildman–Crippen MR) is 70.3 cm³/mol. The van der Waals surface area contributed by atoms with Crippen LogP contribution in [0.5, 0.6) is 0 Å². The van der Waals surface area contributed by atoms with Crippen LogP contribution < -0.4 is 5.32 Å². The van der Waals surface area contributed by atoms with Crippen molar-refractivity contribution < 1.29 is 0 Å². The van der Waals surface area contributed by atoms with Crippen molar-refractivity contribution >= 4 is 0 Å². The van der Waals surface area contributed by atoms with Gasteiger partial charge < -0.3 is 5.32 Å². The maximum absolute atomic E-state index is 5.60. The predicted octanol–water partition coefficient (Wildman–Crippen LogP) is 2.11. The van der Waals surface area contributed by atoms with E-state index in [1.54, 1.807) is 0 Å². The molecule has 0 aromatic rings. The first kappa shape index (κ1) is 13.5. The van der Waals surface area contributed by atoms with Crippen molar-refractivity contribution in [3.05, 3.63) is 0 Å². The second-order valence-electron chi connectivity index (χ2n) is 5.22. The van der Waals surface area contributed by atoms with E-state index in [0.29, 0.717) is 12.1 Å². The van der Waals surface area contributed by atoms with Crippen LogP contribution in [-0.4, -0.2) is 36.6 Å². The molecule has 0 spiro atoms. The van der Waals surface area contributed by atoms with E-state index < -0.39 is 0 Å². The van der Waals surface area contributed by atoms with Gasteiger partial charge in [0.2, 0.25) is 0 Å². The highest BCUT2D eigenvalue weighted by atomic mass is 15.2. The molecule has 0 amide bonds. The molecule has 2 heteroatoms. The molecule has 2 nitrogen and oxygen atoms in total. The fourth-order valence-corrected chi connectivity index (χ4v) is 2.52. The first-order valence-corrected chi connectivity index (χ1v) is 6.61. The molecule has 1 aliphatic rings. The molecule has 1 N–H and O–H groups in total. The first-order valence-electron chi connectivity index (χ1n) is 6.61. The molecule has 0 radical (unpaired) electrons. The lowest BCUT2D eigenvalue weighted by molar-refractivity contribution is 0.218. The van der Waals surface area contributed by atoms with Crippen molar-refractivity contribution in [2.24, 2.45) is 5.92 Å². The summed E-state index contributed by atoms with van der Waals surface area (Å²) in [7, 11) is 0. The Balaban J connectivity index is 2.54. The van der Waals surface area contributed by atoms with Crippen LogP contribution in [0.4, 0.5) is 0 Å². The third-order valence-electron chi connectivity index (χ3n) is 3.29. The average molecular weight is 222 g/mol. The fourth-order valence-electron chi connectivity index (χ4n) is 2.52. The molecule has 92 valence electrons. The van der Waals surface area contributed by atoms with Crippen molar-refractivity contribution in [2.75, 3.05) is 19.6 Å². The molecule has 0 bridgehead atoms. The molecule has 16 heavy (non-hydrogen) atoms. The first-order chi connectivity index (χ1) is 7.67. The SMILES string of the molecule is C#CC(CC)N1CCCNC(CC(C)C)C1. The van der Waals surface area contributed by atoms with Gasteiger partial charge in [0.1, 0.15) is 0 Å². The topological polar surface area (TPSA) is 15.3 Å². The van der Waals surface area contributed by atoms with Crippen LogP contribution in [-0.2, 0) is 0 Å². The lowest BCUT2D eigenvalue weighted by atomic mass is 10.0. The Morgan fingerprint density at radius 3 is 2.81 bits per heavy atom. The van der Waals surface area contributed by atoms with E-state index in [1.165, 1.54) is 12.8 Å². The van der Waals surface area contributed by atoms with Gasteiger partial charge >= 0.3 is 0 Å². The van der Waals surface area contributed by atoms with Gasteiger partial charge in [0.05, 0.1) is 6.04 Å². The zero-order valence-electron chi connectivity index (χ0n) is 11.0. The van der Waals surface area contributed by atoms with E-state index in [-0.39, 0.29) is 0 Å². The monoisotopic (exact) mass is 222 g/mol. The summed E-state index contributed by atoms with van der Waals surface area (Å²) in [6.45, 7) is 10.1. The molecule has 1 rings (SSSR count). The lowest BCUT2D eigenvalue weighted by Gasteiger charge is -2.29. The minimum Gasteiger partial charge on any atom is -0.313 e. The third kappa shape index (κ3) is 4.15. The fraction of sp³-hybridized carbons (Fsp3) is 0.857. The van der Waals surface area contributed by atoms with E-state index in [1.807, 2.05) is 0 Å². The van der Waals surface area contributed by atoms with Crippen molar-refractivity contribution in [1.29, 1.82) is 0 Å². The summed E-state index contributed by atoms with van der Waals surface area (Å²) in [6.07, 6.45) is 9.12. The van der Waals surface area contributed by atoms with Crippen LogP contribution in [0.2, 0.25) is 0 Å². The zero-order valence-corrected chi connectivity index (χ0v) is 11.0. The highest BCUT2D eigenvalue weighted by Crippen LogP contribution is 2.13. The summed E-state index contributed by atoms with van der Waals surface area (Å²) < 4.78 is 0. The van der Waals surface area contributed by atoms with E-state index in [0.717, 1.165) is 32.0 Å². The normalized spacial score (nSPS) is 25.1. The number of hydrogen-bond acceptors (Lipinski definition) is 2. The highest BCUT2D eigenvalue weighted by Gasteiger charge is 2.22. The summed E-state index contributed by atoms with van der Waals surface area (Å²) in [4.78, 5) is 2.48. The number of rotatable bonds is 4.